The lowest BCUT2D eigenvalue weighted by Crippen LogP contribution is -2.40. The summed E-state index contributed by atoms with van der Waals surface area (Å²) in [6.45, 7) is 0. The Morgan fingerprint density at radius 3 is 2.44 bits per heavy atom. The van der Waals surface area contributed by atoms with E-state index in [2.05, 4.69) is 10.4 Å². The predicted molar refractivity (Wildman–Crippen MR) is 96.7 cm³/mol. The number of para-hydroxylation sites is 1. The number of hydrogen-bond acceptors (Lipinski definition) is 4. The Balaban J connectivity index is 1.67. The molecule has 1 heterocycles. The van der Waals surface area contributed by atoms with Crippen molar-refractivity contribution in [2.75, 3.05) is 0 Å². The van der Waals surface area contributed by atoms with Gasteiger partial charge in [-0.2, -0.15) is 0 Å². The number of hydrogen-bond donors (Lipinski definition) is 2. The van der Waals surface area contributed by atoms with Crippen LogP contribution in [-0.2, 0) is 10.0 Å². The Labute approximate surface area is 145 Å². The summed E-state index contributed by atoms with van der Waals surface area (Å²) < 4.78 is 23.8. The number of rotatable bonds is 5. The Hall–Kier alpha value is -3.03. The number of amides is 1. The lowest BCUT2D eigenvalue weighted by atomic mass is 10.2. The summed E-state index contributed by atoms with van der Waals surface area (Å²) in [5.41, 5.74) is 3.65. The molecule has 2 N–H and O–H groups in total. The molecule has 0 aliphatic carbocycles. The minimum Gasteiger partial charge on any atom is -0.272 e. The van der Waals surface area contributed by atoms with Crippen molar-refractivity contribution in [1.29, 1.82) is 0 Å². The molecule has 0 radical (unpaired) electrons. The number of fused-ring (bicyclic) bond motifs is 1. The molecule has 0 spiro atoms. The topological polar surface area (TPSA) is 88.2 Å². The molecule has 0 bridgehead atoms. The Morgan fingerprint density at radius 2 is 1.64 bits per heavy atom. The smallest absolute Gasteiger partial charge is 0.272 e. The maximum Gasteiger partial charge on any atom is 0.284 e. The zero-order valence-corrected chi connectivity index (χ0v) is 13.9. The lowest BCUT2D eigenvalue weighted by Gasteiger charge is -2.06. The molecule has 25 heavy (non-hydrogen) atoms. The van der Waals surface area contributed by atoms with Crippen LogP contribution in [0.25, 0.3) is 17.0 Å². The molecule has 3 aromatic rings. The molecule has 126 valence electrons. The van der Waals surface area contributed by atoms with Gasteiger partial charge in [0.2, 0.25) is 0 Å². The van der Waals surface area contributed by atoms with E-state index in [0.717, 1.165) is 16.4 Å². The number of sulfonamides is 1. The van der Waals surface area contributed by atoms with E-state index in [1.165, 1.54) is 12.1 Å². The van der Waals surface area contributed by atoms with Gasteiger partial charge in [0.25, 0.3) is 15.9 Å². The quantitative estimate of drug-likeness (QED) is 0.690. The SMILES string of the molecule is O=C(NNS(=O)(=O)/C=C/c1ccccc1)c1ccc2ccccc2n1. The number of benzene rings is 2. The van der Waals surface area contributed by atoms with Gasteiger partial charge in [-0.15, -0.1) is 4.83 Å². The fourth-order valence-corrected chi connectivity index (χ4v) is 2.78. The highest BCUT2D eigenvalue weighted by atomic mass is 32.2. The van der Waals surface area contributed by atoms with Gasteiger partial charge in [0.15, 0.2) is 0 Å². The summed E-state index contributed by atoms with van der Waals surface area (Å²) in [4.78, 5) is 18.3. The average Bonchev–Trinajstić information content (AvgIpc) is 2.65. The van der Waals surface area contributed by atoms with Gasteiger partial charge in [-0.3, -0.25) is 10.2 Å². The van der Waals surface area contributed by atoms with Crippen LogP contribution in [0.2, 0.25) is 0 Å². The molecule has 7 heteroatoms. The van der Waals surface area contributed by atoms with Gasteiger partial charge in [0, 0.05) is 10.8 Å². The van der Waals surface area contributed by atoms with Crippen LogP contribution in [0.4, 0.5) is 0 Å². The second-order valence-corrected chi connectivity index (χ2v) is 6.77. The molecule has 0 fully saturated rings. The largest absolute Gasteiger partial charge is 0.284 e. The molecule has 1 aromatic heterocycles. The third-order valence-electron chi connectivity index (χ3n) is 3.38. The van der Waals surface area contributed by atoms with Gasteiger partial charge in [0.1, 0.15) is 5.69 Å². The molecule has 2 aromatic carbocycles. The zero-order chi connectivity index (χ0) is 17.7. The first-order valence-electron chi connectivity index (χ1n) is 7.45. The predicted octanol–water partition coefficient (Wildman–Crippen LogP) is 2.47. The molecule has 0 unspecified atom stereocenters. The van der Waals surface area contributed by atoms with E-state index in [4.69, 9.17) is 0 Å². The molecular weight excluding hydrogens is 338 g/mol. The third kappa shape index (κ3) is 4.50. The normalized spacial score (nSPS) is 11.7. The zero-order valence-electron chi connectivity index (χ0n) is 13.1. The van der Waals surface area contributed by atoms with Crippen LogP contribution in [0.1, 0.15) is 16.1 Å². The van der Waals surface area contributed by atoms with Crippen LogP contribution >= 0.6 is 0 Å². The number of nitrogens with zero attached hydrogens (tertiary/aromatic N) is 1. The van der Waals surface area contributed by atoms with Crippen molar-refractivity contribution in [1.82, 2.24) is 15.2 Å². The van der Waals surface area contributed by atoms with E-state index in [1.54, 1.807) is 36.4 Å². The van der Waals surface area contributed by atoms with Crippen molar-refractivity contribution in [2.45, 2.75) is 0 Å². The van der Waals surface area contributed by atoms with Crippen LogP contribution in [-0.4, -0.2) is 19.3 Å². The minimum absolute atomic E-state index is 0.119. The van der Waals surface area contributed by atoms with E-state index in [-0.39, 0.29) is 5.69 Å². The fourth-order valence-electron chi connectivity index (χ4n) is 2.14. The third-order valence-corrected chi connectivity index (χ3v) is 4.26. The number of carbonyl (C=O) groups is 1. The number of carbonyl (C=O) groups excluding carboxylic acids is 1. The summed E-state index contributed by atoms with van der Waals surface area (Å²) in [5, 5.41) is 1.88. The molecule has 0 aliphatic rings. The van der Waals surface area contributed by atoms with Gasteiger partial charge in [-0.25, -0.2) is 13.4 Å². The molecular formula is C18H15N3O3S. The lowest BCUT2D eigenvalue weighted by molar-refractivity contribution is 0.0940. The maximum absolute atomic E-state index is 12.1. The van der Waals surface area contributed by atoms with Gasteiger partial charge in [-0.05, 0) is 23.8 Å². The monoisotopic (exact) mass is 353 g/mol. The van der Waals surface area contributed by atoms with Crippen LogP contribution in [0, 0.1) is 0 Å². The van der Waals surface area contributed by atoms with Gasteiger partial charge < -0.3 is 0 Å². The second-order valence-electron chi connectivity index (χ2n) is 5.20. The highest BCUT2D eigenvalue weighted by Gasteiger charge is 2.11. The first-order chi connectivity index (χ1) is 12.0. The summed E-state index contributed by atoms with van der Waals surface area (Å²) in [7, 11) is -3.82. The molecule has 1 amide bonds. The summed E-state index contributed by atoms with van der Waals surface area (Å²) >= 11 is 0. The van der Waals surface area contributed by atoms with Crippen LogP contribution in [0.5, 0.6) is 0 Å². The molecule has 0 atom stereocenters. The Bertz CT molecular complexity index is 1030. The van der Waals surface area contributed by atoms with E-state index >= 15 is 0 Å². The highest BCUT2D eigenvalue weighted by molar-refractivity contribution is 7.92. The first kappa shape index (κ1) is 16.8. The Kier molecular flexibility index (Phi) is 4.87. The van der Waals surface area contributed by atoms with Crippen molar-refractivity contribution >= 4 is 32.9 Å². The van der Waals surface area contributed by atoms with Crippen molar-refractivity contribution < 1.29 is 13.2 Å². The summed E-state index contributed by atoms with van der Waals surface area (Å²) in [6, 6.07) is 19.6. The molecule has 0 saturated carbocycles. The van der Waals surface area contributed by atoms with Crippen LogP contribution < -0.4 is 10.3 Å². The van der Waals surface area contributed by atoms with Crippen molar-refractivity contribution in [3.63, 3.8) is 0 Å². The number of aromatic nitrogens is 1. The summed E-state index contributed by atoms with van der Waals surface area (Å²) in [5.74, 6) is -0.637. The highest BCUT2D eigenvalue weighted by Crippen LogP contribution is 2.11. The molecule has 0 aliphatic heterocycles. The van der Waals surface area contributed by atoms with Gasteiger partial charge >= 0.3 is 0 Å². The van der Waals surface area contributed by atoms with Crippen molar-refractivity contribution in [3.05, 3.63) is 83.4 Å². The van der Waals surface area contributed by atoms with Gasteiger partial charge in [-0.1, -0.05) is 54.6 Å². The van der Waals surface area contributed by atoms with Crippen LogP contribution in [0.3, 0.4) is 0 Å². The second kappa shape index (κ2) is 7.25. The average molecular weight is 353 g/mol. The van der Waals surface area contributed by atoms with E-state index < -0.39 is 15.9 Å². The van der Waals surface area contributed by atoms with E-state index in [1.807, 2.05) is 29.1 Å². The van der Waals surface area contributed by atoms with Crippen molar-refractivity contribution in [3.8, 4) is 0 Å². The minimum atomic E-state index is -3.82. The molecule has 0 saturated heterocycles. The maximum atomic E-state index is 12.1. The van der Waals surface area contributed by atoms with E-state index in [9.17, 15) is 13.2 Å². The van der Waals surface area contributed by atoms with Crippen LogP contribution in [0.15, 0.2) is 72.1 Å². The Morgan fingerprint density at radius 1 is 0.920 bits per heavy atom. The van der Waals surface area contributed by atoms with E-state index in [0.29, 0.717) is 5.52 Å². The summed E-state index contributed by atoms with van der Waals surface area (Å²) in [6.07, 6.45) is 1.43. The molecule has 6 nitrogen and oxygen atoms in total. The van der Waals surface area contributed by atoms with Gasteiger partial charge in [0.05, 0.1) is 5.52 Å². The number of pyridine rings is 1. The standard InChI is InChI=1S/C18H15N3O3S/c22-18(17-11-10-15-8-4-5-9-16(15)19-17)20-21-25(23,24)13-12-14-6-2-1-3-7-14/h1-13,21H,(H,20,22)/b13-12+. The number of nitrogens with one attached hydrogen (secondary N) is 2. The number of hydrazine groups is 1. The first-order valence-corrected chi connectivity index (χ1v) is 8.99. The molecule has 3 rings (SSSR count). The van der Waals surface area contributed by atoms with Crippen molar-refractivity contribution in [2.24, 2.45) is 0 Å². The fraction of sp³-hybridized carbons (Fsp3) is 0.